The predicted molar refractivity (Wildman–Crippen MR) is 146 cm³/mol. The third kappa shape index (κ3) is 5.73. The Hall–Kier alpha value is -2.64. The van der Waals surface area contributed by atoms with Crippen LogP contribution in [0, 0.1) is 29.1 Å². The van der Waals surface area contributed by atoms with Crippen LogP contribution < -0.4 is 0 Å². The van der Waals surface area contributed by atoms with E-state index in [9.17, 15) is 19.2 Å². The Morgan fingerprint density at radius 1 is 0.675 bits per heavy atom. The van der Waals surface area contributed by atoms with Crippen molar-refractivity contribution < 1.29 is 38.5 Å². The van der Waals surface area contributed by atoms with E-state index < -0.39 is 17.2 Å². The van der Waals surface area contributed by atoms with E-state index in [4.69, 9.17) is 19.3 Å². The van der Waals surface area contributed by atoms with Gasteiger partial charge < -0.3 is 19.3 Å². The monoisotopic (exact) mass is 556 g/mol. The minimum Gasteiger partial charge on any atom is -0.478 e. The molecule has 8 fully saturated rings. The van der Waals surface area contributed by atoms with Crippen LogP contribution in [0.5, 0.6) is 0 Å². The molecule has 4 atom stereocenters. The molecule has 0 aromatic rings. The van der Waals surface area contributed by atoms with Crippen LogP contribution in [0.2, 0.25) is 0 Å². The van der Waals surface area contributed by atoms with Crippen molar-refractivity contribution in [1.29, 1.82) is 0 Å². The third-order valence-electron chi connectivity index (χ3n) is 10.2. The molecule has 8 heteroatoms. The maximum atomic E-state index is 11.9. The fraction of sp³-hybridized carbons (Fsp3) is 0.750. The maximum absolute atomic E-state index is 11.9. The second kappa shape index (κ2) is 10.0. The van der Waals surface area contributed by atoms with Crippen molar-refractivity contribution in [2.24, 2.45) is 29.1 Å². The molecule has 0 amide bonds. The van der Waals surface area contributed by atoms with Crippen molar-refractivity contribution in [3.05, 3.63) is 23.8 Å². The van der Waals surface area contributed by atoms with Crippen LogP contribution >= 0.6 is 0 Å². The van der Waals surface area contributed by atoms with E-state index in [1.807, 2.05) is 6.08 Å². The Balaban J connectivity index is 0.000000161. The summed E-state index contributed by atoms with van der Waals surface area (Å²) in [6, 6.07) is 0. The molecule has 1 N–H and O–H groups in total. The van der Waals surface area contributed by atoms with E-state index >= 15 is 0 Å². The summed E-state index contributed by atoms with van der Waals surface area (Å²) in [4.78, 5) is 45.9. The lowest BCUT2D eigenvalue weighted by Crippen LogP contribution is -2.61. The first-order valence-corrected chi connectivity index (χ1v) is 14.8. The highest BCUT2D eigenvalue weighted by atomic mass is 16.6. The number of allylic oxidation sites excluding steroid dienone is 1. The molecule has 0 saturated heterocycles. The van der Waals surface area contributed by atoms with Gasteiger partial charge in [-0.05, 0) is 114 Å². The maximum Gasteiger partial charge on any atom is 0.333 e. The molecule has 4 unspecified atom stereocenters. The number of carboxylic acid groups (broad SMARTS) is 1. The SMILES string of the molecule is C=C(C)C(=O)OC12CC3CC(CC(OC(C)=O)(C3)C1)C2.CC(=O)OC12CC3CC(CC(C=C(C)C(=O)O)(C3)C1)C2. The normalized spacial score (nSPS) is 42.0. The summed E-state index contributed by atoms with van der Waals surface area (Å²) in [5, 5.41) is 9.14. The molecule has 8 nitrogen and oxygen atoms in total. The van der Waals surface area contributed by atoms with Crippen LogP contribution in [-0.2, 0) is 33.4 Å². The second-order valence-corrected chi connectivity index (χ2v) is 14.3. The first kappa shape index (κ1) is 28.9. The van der Waals surface area contributed by atoms with E-state index in [2.05, 4.69) is 6.58 Å². The number of carboxylic acids is 1. The quantitative estimate of drug-likeness (QED) is 0.252. The zero-order chi connectivity index (χ0) is 29.1. The summed E-state index contributed by atoms with van der Waals surface area (Å²) in [7, 11) is 0. The van der Waals surface area contributed by atoms with Crippen LogP contribution in [0.3, 0.4) is 0 Å². The van der Waals surface area contributed by atoms with Crippen LogP contribution in [0.25, 0.3) is 0 Å². The van der Waals surface area contributed by atoms with Crippen LogP contribution in [-0.4, -0.2) is 45.8 Å². The lowest BCUT2D eigenvalue weighted by Gasteiger charge is -2.60. The van der Waals surface area contributed by atoms with Gasteiger partial charge in [-0.1, -0.05) is 12.7 Å². The standard InChI is InChI=1S/2C16H22O4/c1-10(14(18)19)4-15-5-12-3-13(6-15)8-16(7-12,9-15)20-11(2)17;1-10(2)14(18)20-16-7-12-4-13(8-16)6-15(5-12,9-16)19-11(3)17/h4,12-13H,3,5-9H2,1-2H3,(H,18,19);12-13H,1,4-9H2,2-3H3. The predicted octanol–water partition coefficient (Wildman–Crippen LogP) is 5.68. The van der Waals surface area contributed by atoms with Gasteiger partial charge >= 0.3 is 23.9 Å². The number of hydrogen-bond acceptors (Lipinski definition) is 7. The average molecular weight is 557 g/mol. The molecule has 0 aliphatic heterocycles. The third-order valence-corrected chi connectivity index (χ3v) is 10.2. The number of hydrogen-bond donors (Lipinski definition) is 1. The van der Waals surface area contributed by atoms with Gasteiger partial charge in [0.15, 0.2) is 0 Å². The Morgan fingerprint density at radius 3 is 1.48 bits per heavy atom. The molecule has 0 radical (unpaired) electrons. The summed E-state index contributed by atoms with van der Waals surface area (Å²) < 4.78 is 17.2. The molecular formula is C32H44O8. The van der Waals surface area contributed by atoms with Crippen LogP contribution in [0.1, 0.15) is 105 Å². The highest BCUT2D eigenvalue weighted by molar-refractivity contribution is 5.87. The summed E-state index contributed by atoms with van der Waals surface area (Å²) >= 11 is 0. The fourth-order valence-corrected chi connectivity index (χ4v) is 10.3. The summed E-state index contributed by atoms with van der Waals surface area (Å²) in [6.45, 7) is 9.94. The first-order chi connectivity index (χ1) is 18.6. The molecule has 8 bridgehead atoms. The number of aliphatic carboxylic acids is 1. The van der Waals surface area contributed by atoms with E-state index in [0.29, 0.717) is 41.2 Å². The lowest BCUT2D eigenvalue weighted by atomic mass is 9.47. The molecule has 0 heterocycles. The van der Waals surface area contributed by atoms with Gasteiger partial charge in [0.2, 0.25) is 0 Å². The number of rotatable bonds is 6. The lowest BCUT2D eigenvalue weighted by molar-refractivity contribution is -0.228. The van der Waals surface area contributed by atoms with Gasteiger partial charge in [-0.2, -0.15) is 0 Å². The summed E-state index contributed by atoms with van der Waals surface area (Å²) in [6.07, 6.45) is 13.5. The van der Waals surface area contributed by atoms with E-state index in [1.54, 1.807) is 13.8 Å². The molecule has 40 heavy (non-hydrogen) atoms. The number of esters is 3. The summed E-state index contributed by atoms with van der Waals surface area (Å²) in [5.74, 6) is 0.575. The Bertz CT molecular complexity index is 1120. The van der Waals surface area contributed by atoms with Crippen molar-refractivity contribution in [3.63, 3.8) is 0 Å². The number of carbonyl (C=O) groups excluding carboxylic acids is 3. The smallest absolute Gasteiger partial charge is 0.333 e. The topological polar surface area (TPSA) is 116 Å². The molecule has 8 aliphatic carbocycles. The Labute approximate surface area is 236 Å². The minimum atomic E-state index is -0.845. The number of carbonyl (C=O) groups is 4. The van der Waals surface area contributed by atoms with Gasteiger partial charge in [0, 0.05) is 31.4 Å². The highest BCUT2D eigenvalue weighted by Crippen LogP contribution is 2.64. The molecule has 0 aromatic carbocycles. The van der Waals surface area contributed by atoms with Crippen LogP contribution in [0.15, 0.2) is 23.8 Å². The summed E-state index contributed by atoms with van der Waals surface area (Å²) in [5.41, 5.74) is -0.374. The van der Waals surface area contributed by atoms with Gasteiger partial charge in [0.25, 0.3) is 0 Å². The largest absolute Gasteiger partial charge is 0.478 e. The zero-order valence-electron chi connectivity index (χ0n) is 24.4. The molecule has 0 aromatic heterocycles. The zero-order valence-corrected chi connectivity index (χ0v) is 24.4. The van der Waals surface area contributed by atoms with Gasteiger partial charge in [-0.15, -0.1) is 0 Å². The highest BCUT2D eigenvalue weighted by Gasteiger charge is 2.61. The molecule has 8 rings (SSSR count). The van der Waals surface area contributed by atoms with Gasteiger partial charge in [0.1, 0.15) is 16.8 Å². The van der Waals surface area contributed by atoms with Crippen molar-refractivity contribution in [3.8, 4) is 0 Å². The van der Waals surface area contributed by atoms with Crippen molar-refractivity contribution in [2.45, 2.75) is 122 Å². The second-order valence-electron chi connectivity index (χ2n) is 14.3. The van der Waals surface area contributed by atoms with Gasteiger partial charge in [-0.25, -0.2) is 9.59 Å². The van der Waals surface area contributed by atoms with Crippen molar-refractivity contribution in [1.82, 2.24) is 0 Å². The van der Waals surface area contributed by atoms with Gasteiger partial charge in [-0.3, -0.25) is 9.59 Å². The minimum absolute atomic E-state index is 0.0675. The Morgan fingerprint density at radius 2 is 1.07 bits per heavy atom. The van der Waals surface area contributed by atoms with E-state index in [0.717, 1.165) is 57.8 Å². The molecule has 8 saturated carbocycles. The van der Waals surface area contributed by atoms with E-state index in [-0.39, 0.29) is 28.9 Å². The molecular weight excluding hydrogens is 512 g/mol. The first-order valence-electron chi connectivity index (χ1n) is 14.8. The molecule has 0 spiro atoms. The molecule has 8 aliphatic rings. The Kier molecular flexibility index (Phi) is 7.23. The average Bonchev–Trinajstić information content (AvgIpc) is 2.75. The van der Waals surface area contributed by atoms with Gasteiger partial charge in [0.05, 0.1) is 0 Å². The van der Waals surface area contributed by atoms with Crippen molar-refractivity contribution >= 4 is 23.9 Å². The van der Waals surface area contributed by atoms with Crippen molar-refractivity contribution in [2.75, 3.05) is 0 Å². The van der Waals surface area contributed by atoms with E-state index in [1.165, 1.54) is 26.7 Å². The van der Waals surface area contributed by atoms with Crippen LogP contribution in [0.4, 0.5) is 0 Å². The number of ether oxygens (including phenoxy) is 3. The fourth-order valence-electron chi connectivity index (χ4n) is 10.3. The molecule has 220 valence electrons.